The van der Waals surface area contributed by atoms with Crippen LogP contribution < -0.4 is 15.4 Å². The second-order valence-electron chi connectivity index (χ2n) is 6.13. The van der Waals surface area contributed by atoms with Gasteiger partial charge in [0.2, 0.25) is 0 Å². The van der Waals surface area contributed by atoms with Crippen molar-refractivity contribution in [2.45, 2.75) is 37.7 Å². The number of benzene rings is 1. The van der Waals surface area contributed by atoms with E-state index in [1.54, 1.807) is 36.6 Å². The number of nitrogens with one attached hydrogen (secondary N) is 2. The van der Waals surface area contributed by atoms with Gasteiger partial charge in [0.25, 0.3) is 0 Å². The Morgan fingerprint density at radius 1 is 1.27 bits per heavy atom. The Labute approximate surface area is 154 Å². The standard InChI is InChI=1S/C18H20F3N3OS/c1-11(16-8-5-9-26-16)23-17(22-2)24-14-10-13(14)12-6-3-4-7-15(12)25-18(19,20)21/h3-9,11,13-14H,10H2,1-2H3,(H2,22,23,24). The number of halogens is 3. The monoisotopic (exact) mass is 383 g/mol. The summed E-state index contributed by atoms with van der Waals surface area (Å²) in [6, 6.07) is 10.4. The van der Waals surface area contributed by atoms with Gasteiger partial charge in [0.1, 0.15) is 5.75 Å². The van der Waals surface area contributed by atoms with Crippen LogP contribution in [0.4, 0.5) is 13.2 Å². The number of hydrogen-bond acceptors (Lipinski definition) is 3. The number of guanidine groups is 1. The summed E-state index contributed by atoms with van der Waals surface area (Å²) in [5, 5.41) is 8.59. The van der Waals surface area contributed by atoms with Crippen LogP contribution in [0.15, 0.2) is 46.8 Å². The third kappa shape index (κ3) is 4.69. The van der Waals surface area contributed by atoms with E-state index in [1.165, 1.54) is 10.9 Å². The Morgan fingerprint density at radius 3 is 2.69 bits per heavy atom. The smallest absolute Gasteiger partial charge is 0.405 e. The minimum Gasteiger partial charge on any atom is -0.405 e. The third-order valence-corrected chi connectivity index (χ3v) is 5.26. The molecule has 26 heavy (non-hydrogen) atoms. The van der Waals surface area contributed by atoms with Gasteiger partial charge >= 0.3 is 6.36 Å². The fourth-order valence-corrected chi connectivity index (χ4v) is 3.60. The van der Waals surface area contributed by atoms with Crippen LogP contribution in [0.2, 0.25) is 0 Å². The summed E-state index contributed by atoms with van der Waals surface area (Å²) in [5.41, 5.74) is 0.559. The van der Waals surface area contributed by atoms with E-state index in [0.717, 1.165) is 6.42 Å². The average molecular weight is 383 g/mol. The minimum absolute atomic E-state index is 0.0229. The highest BCUT2D eigenvalue weighted by Crippen LogP contribution is 2.45. The predicted octanol–water partition coefficient (Wildman–Crippen LogP) is 4.43. The quantitative estimate of drug-likeness (QED) is 0.593. The second-order valence-corrected chi connectivity index (χ2v) is 7.11. The molecule has 3 atom stereocenters. The average Bonchev–Trinajstić information content (AvgIpc) is 3.11. The van der Waals surface area contributed by atoms with Crippen molar-refractivity contribution >= 4 is 17.3 Å². The van der Waals surface area contributed by atoms with Crippen LogP contribution in [0.25, 0.3) is 0 Å². The Kier molecular flexibility index (Phi) is 5.41. The number of hydrogen-bond donors (Lipinski definition) is 2. The lowest BCUT2D eigenvalue weighted by atomic mass is 10.1. The third-order valence-electron chi connectivity index (χ3n) is 4.20. The topological polar surface area (TPSA) is 45.7 Å². The van der Waals surface area contributed by atoms with Crippen molar-refractivity contribution in [2.75, 3.05) is 7.05 Å². The lowest BCUT2D eigenvalue weighted by Crippen LogP contribution is -2.40. The summed E-state index contributed by atoms with van der Waals surface area (Å²) < 4.78 is 41.9. The van der Waals surface area contributed by atoms with Crippen molar-refractivity contribution in [3.8, 4) is 5.75 Å². The molecule has 0 amide bonds. The second kappa shape index (κ2) is 7.57. The normalized spacial score (nSPS) is 21.2. The summed E-state index contributed by atoms with van der Waals surface area (Å²) in [7, 11) is 1.68. The van der Waals surface area contributed by atoms with Gasteiger partial charge in [0, 0.05) is 23.9 Å². The SMILES string of the molecule is CN=C(NC(C)c1cccs1)NC1CC1c1ccccc1OC(F)(F)F. The van der Waals surface area contributed by atoms with Crippen molar-refractivity contribution < 1.29 is 17.9 Å². The first-order chi connectivity index (χ1) is 12.4. The maximum absolute atomic E-state index is 12.6. The van der Waals surface area contributed by atoms with E-state index < -0.39 is 6.36 Å². The van der Waals surface area contributed by atoms with Gasteiger partial charge in [-0.3, -0.25) is 4.99 Å². The van der Waals surface area contributed by atoms with E-state index in [0.29, 0.717) is 11.5 Å². The molecule has 3 unspecified atom stereocenters. The van der Waals surface area contributed by atoms with Crippen molar-refractivity contribution in [1.29, 1.82) is 0 Å². The Morgan fingerprint density at radius 2 is 2.04 bits per heavy atom. The number of rotatable bonds is 5. The molecule has 0 radical (unpaired) electrons. The molecule has 2 aromatic rings. The van der Waals surface area contributed by atoms with E-state index in [4.69, 9.17) is 0 Å². The van der Waals surface area contributed by atoms with E-state index in [-0.39, 0.29) is 23.8 Å². The molecule has 1 heterocycles. The first kappa shape index (κ1) is 18.6. The van der Waals surface area contributed by atoms with Crippen molar-refractivity contribution in [3.63, 3.8) is 0 Å². The maximum atomic E-state index is 12.6. The van der Waals surface area contributed by atoms with Gasteiger partial charge in [-0.25, -0.2) is 0 Å². The summed E-state index contributed by atoms with van der Waals surface area (Å²) in [6.07, 6.45) is -3.96. The number of thiophene rings is 1. The number of aliphatic imine (C=N–C) groups is 1. The summed E-state index contributed by atoms with van der Waals surface area (Å²) in [4.78, 5) is 5.40. The molecule has 1 fully saturated rings. The molecule has 4 nitrogen and oxygen atoms in total. The van der Waals surface area contributed by atoms with Gasteiger partial charge in [0.05, 0.1) is 6.04 Å². The molecule has 140 valence electrons. The lowest BCUT2D eigenvalue weighted by molar-refractivity contribution is -0.274. The Bertz CT molecular complexity index is 761. The van der Waals surface area contributed by atoms with Crippen LogP contribution in [0.1, 0.15) is 35.7 Å². The minimum atomic E-state index is -4.69. The summed E-state index contributed by atoms with van der Waals surface area (Å²) in [5.74, 6) is 0.459. The molecule has 1 saturated carbocycles. The van der Waals surface area contributed by atoms with Crippen molar-refractivity contribution in [3.05, 3.63) is 52.2 Å². The van der Waals surface area contributed by atoms with Crippen LogP contribution in [0, 0.1) is 0 Å². The zero-order valence-corrected chi connectivity index (χ0v) is 15.2. The summed E-state index contributed by atoms with van der Waals surface area (Å²) in [6.45, 7) is 2.04. The van der Waals surface area contributed by atoms with E-state index in [9.17, 15) is 13.2 Å². The zero-order valence-electron chi connectivity index (χ0n) is 14.4. The first-order valence-electron chi connectivity index (χ1n) is 8.25. The van der Waals surface area contributed by atoms with Gasteiger partial charge < -0.3 is 15.4 Å². The molecule has 0 aliphatic heterocycles. The van der Waals surface area contributed by atoms with E-state index in [2.05, 4.69) is 20.4 Å². The fourth-order valence-electron chi connectivity index (χ4n) is 2.86. The van der Waals surface area contributed by atoms with E-state index >= 15 is 0 Å². The van der Waals surface area contributed by atoms with Crippen LogP contribution >= 0.6 is 11.3 Å². The molecular weight excluding hydrogens is 363 g/mol. The summed E-state index contributed by atoms with van der Waals surface area (Å²) >= 11 is 1.65. The van der Waals surface area contributed by atoms with Gasteiger partial charge in [-0.2, -0.15) is 0 Å². The number of ether oxygens (including phenoxy) is 1. The van der Waals surface area contributed by atoms with Crippen LogP contribution in [-0.4, -0.2) is 25.4 Å². The molecule has 1 aliphatic carbocycles. The largest absolute Gasteiger partial charge is 0.573 e. The molecule has 3 rings (SSSR count). The molecule has 0 saturated heterocycles. The van der Waals surface area contributed by atoms with Crippen molar-refractivity contribution in [2.24, 2.45) is 4.99 Å². The van der Waals surface area contributed by atoms with Gasteiger partial charge in [-0.15, -0.1) is 24.5 Å². The molecule has 8 heteroatoms. The van der Waals surface area contributed by atoms with E-state index in [1.807, 2.05) is 24.4 Å². The van der Waals surface area contributed by atoms with Crippen LogP contribution in [0.5, 0.6) is 5.75 Å². The maximum Gasteiger partial charge on any atom is 0.573 e. The molecule has 0 spiro atoms. The highest BCUT2D eigenvalue weighted by Gasteiger charge is 2.42. The van der Waals surface area contributed by atoms with Crippen LogP contribution in [-0.2, 0) is 0 Å². The molecule has 1 aliphatic rings. The molecule has 0 bridgehead atoms. The molecular formula is C18H20F3N3OS. The van der Waals surface area contributed by atoms with Gasteiger partial charge in [-0.05, 0) is 36.4 Å². The van der Waals surface area contributed by atoms with Crippen molar-refractivity contribution in [1.82, 2.24) is 10.6 Å². The Balaban J connectivity index is 1.62. The number of alkyl halides is 3. The molecule has 2 N–H and O–H groups in total. The molecule has 1 aromatic carbocycles. The highest BCUT2D eigenvalue weighted by atomic mass is 32.1. The fraction of sp³-hybridized carbons (Fsp3) is 0.389. The predicted molar refractivity (Wildman–Crippen MR) is 96.6 cm³/mol. The van der Waals surface area contributed by atoms with Gasteiger partial charge in [-0.1, -0.05) is 24.3 Å². The number of para-hydroxylation sites is 1. The number of nitrogens with zero attached hydrogens (tertiary/aromatic N) is 1. The highest BCUT2D eigenvalue weighted by molar-refractivity contribution is 7.10. The van der Waals surface area contributed by atoms with Gasteiger partial charge in [0.15, 0.2) is 5.96 Å². The lowest BCUT2D eigenvalue weighted by Gasteiger charge is -2.17. The first-order valence-corrected chi connectivity index (χ1v) is 9.13. The van der Waals surface area contributed by atoms with Crippen LogP contribution in [0.3, 0.4) is 0 Å². The Hall–Kier alpha value is -2.22. The molecule has 1 aromatic heterocycles. The zero-order chi connectivity index (χ0) is 18.7.